The van der Waals surface area contributed by atoms with Crippen LogP contribution in [0.15, 0.2) is 24.5 Å². The van der Waals surface area contributed by atoms with Gasteiger partial charge in [0.2, 0.25) is 0 Å². The molecule has 0 aromatic carbocycles. The highest BCUT2D eigenvalue weighted by molar-refractivity contribution is 5.54. The summed E-state index contributed by atoms with van der Waals surface area (Å²) in [6, 6.07) is 3.95. The van der Waals surface area contributed by atoms with Gasteiger partial charge in [-0.05, 0) is 44.0 Å². The lowest BCUT2D eigenvalue weighted by molar-refractivity contribution is 0.341. The molecule has 0 spiro atoms. The van der Waals surface area contributed by atoms with Gasteiger partial charge in [-0.15, -0.1) is 0 Å². The van der Waals surface area contributed by atoms with E-state index in [-0.39, 0.29) is 0 Å². The Morgan fingerprint density at radius 1 is 1.47 bits per heavy atom. The normalized spacial score (nSPS) is 20.2. The van der Waals surface area contributed by atoms with Crippen LogP contribution in [0.1, 0.15) is 19.0 Å². The van der Waals surface area contributed by atoms with E-state index in [0.717, 1.165) is 30.3 Å². The van der Waals surface area contributed by atoms with E-state index in [0.29, 0.717) is 0 Å². The van der Waals surface area contributed by atoms with Crippen molar-refractivity contribution in [3.05, 3.63) is 30.2 Å². The van der Waals surface area contributed by atoms with Crippen molar-refractivity contribution in [2.75, 3.05) is 26.7 Å². The highest BCUT2D eigenvalue weighted by atomic mass is 16.5. The molecule has 0 amide bonds. The first-order chi connectivity index (χ1) is 9.30. The Morgan fingerprint density at radius 2 is 2.37 bits per heavy atom. The van der Waals surface area contributed by atoms with Crippen LogP contribution in [0.5, 0.6) is 5.75 Å². The van der Waals surface area contributed by atoms with Gasteiger partial charge in [-0.1, -0.05) is 6.92 Å². The second kappa shape index (κ2) is 5.21. The molecule has 3 heterocycles. The highest BCUT2D eigenvalue weighted by Crippen LogP contribution is 2.23. The fourth-order valence-electron chi connectivity index (χ4n) is 2.96. The molecule has 3 rings (SSSR count). The van der Waals surface area contributed by atoms with Crippen molar-refractivity contribution in [2.45, 2.75) is 19.8 Å². The predicted octanol–water partition coefficient (Wildman–Crippen LogP) is 2.23. The predicted molar refractivity (Wildman–Crippen MR) is 75.7 cm³/mol. The van der Waals surface area contributed by atoms with Crippen molar-refractivity contribution in [3.8, 4) is 5.75 Å². The molecule has 0 bridgehead atoms. The molecule has 2 aromatic heterocycles. The van der Waals surface area contributed by atoms with Crippen molar-refractivity contribution in [1.29, 1.82) is 0 Å². The van der Waals surface area contributed by atoms with Gasteiger partial charge in [0.1, 0.15) is 0 Å². The summed E-state index contributed by atoms with van der Waals surface area (Å²) >= 11 is 0. The highest BCUT2D eigenvalue weighted by Gasteiger charge is 2.22. The van der Waals surface area contributed by atoms with Crippen molar-refractivity contribution in [2.24, 2.45) is 5.92 Å². The minimum atomic E-state index is 0.746. The zero-order valence-corrected chi connectivity index (χ0v) is 11.7. The number of aromatic nitrogens is 2. The Labute approximate surface area is 114 Å². The van der Waals surface area contributed by atoms with Crippen molar-refractivity contribution >= 4 is 5.65 Å². The molecule has 0 N–H and O–H groups in total. The third-order valence-electron chi connectivity index (χ3n) is 4.03. The van der Waals surface area contributed by atoms with Gasteiger partial charge in [0.15, 0.2) is 11.4 Å². The van der Waals surface area contributed by atoms with Gasteiger partial charge < -0.3 is 14.0 Å². The van der Waals surface area contributed by atoms with E-state index in [4.69, 9.17) is 9.72 Å². The van der Waals surface area contributed by atoms with Crippen LogP contribution >= 0.6 is 0 Å². The zero-order chi connectivity index (χ0) is 13.2. The average molecular weight is 259 g/mol. The number of imidazole rings is 1. The number of ether oxygens (including phenoxy) is 1. The Bertz CT molecular complexity index is 564. The summed E-state index contributed by atoms with van der Waals surface area (Å²) in [4.78, 5) is 7.23. The number of methoxy groups -OCH3 is 1. The summed E-state index contributed by atoms with van der Waals surface area (Å²) in [6.07, 6.45) is 6.52. The summed E-state index contributed by atoms with van der Waals surface area (Å²) in [5.74, 6) is 1.59. The number of pyridine rings is 1. The number of rotatable bonds is 4. The zero-order valence-electron chi connectivity index (χ0n) is 11.7. The topological polar surface area (TPSA) is 29.8 Å². The van der Waals surface area contributed by atoms with Gasteiger partial charge >= 0.3 is 0 Å². The largest absolute Gasteiger partial charge is 0.493 e. The number of nitrogens with zero attached hydrogens (tertiary/aromatic N) is 3. The van der Waals surface area contributed by atoms with Crippen LogP contribution in [0.3, 0.4) is 0 Å². The summed E-state index contributed by atoms with van der Waals surface area (Å²) in [6.45, 7) is 5.84. The average Bonchev–Trinajstić information content (AvgIpc) is 3.04. The van der Waals surface area contributed by atoms with Gasteiger partial charge in [0, 0.05) is 18.9 Å². The summed E-state index contributed by atoms with van der Waals surface area (Å²) in [5, 5.41) is 0. The van der Waals surface area contributed by atoms with E-state index < -0.39 is 0 Å². The van der Waals surface area contributed by atoms with Gasteiger partial charge in [-0.2, -0.15) is 0 Å². The Kier molecular flexibility index (Phi) is 3.42. The molecule has 4 heteroatoms. The monoisotopic (exact) mass is 259 g/mol. The van der Waals surface area contributed by atoms with Crippen LogP contribution in [-0.2, 0) is 6.42 Å². The third kappa shape index (κ3) is 2.45. The number of hydrogen-bond acceptors (Lipinski definition) is 3. The smallest absolute Gasteiger partial charge is 0.179 e. The first-order valence-corrected chi connectivity index (χ1v) is 7.03. The molecule has 0 aliphatic carbocycles. The molecular formula is C15H21N3O. The second-order valence-corrected chi connectivity index (χ2v) is 5.29. The molecule has 2 aromatic rings. The van der Waals surface area contributed by atoms with E-state index >= 15 is 0 Å². The Hall–Kier alpha value is -1.55. The van der Waals surface area contributed by atoms with E-state index in [9.17, 15) is 0 Å². The van der Waals surface area contributed by atoms with E-state index in [1.54, 1.807) is 7.11 Å². The van der Waals surface area contributed by atoms with Gasteiger partial charge in [0.25, 0.3) is 0 Å². The van der Waals surface area contributed by atoms with E-state index in [2.05, 4.69) is 22.4 Å². The molecule has 19 heavy (non-hydrogen) atoms. The number of hydrogen-bond donors (Lipinski definition) is 0. The summed E-state index contributed by atoms with van der Waals surface area (Å²) in [7, 11) is 1.69. The lowest BCUT2D eigenvalue weighted by Gasteiger charge is -2.11. The Morgan fingerprint density at radius 3 is 3.11 bits per heavy atom. The lowest BCUT2D eigenvalue weighted by atomic mass is 10.0. The molecule has 0 radical (unpaired) electrons. The number of likely N-dealkylation sites (tertiary alicyclic amines) is 1. The first kappa shape index (κ1) is 12.5. The standard InChI is InChI=1S/C15H21N3O/c1-3-17-8-6-12(10-17)9-13-11-18-7-4-5-14(19-2)15(18)16-13/h4-5,7,11-12H,3,6,8-10H2,1-2H3. The molecule has 4 nitrogen and oxygen atoms in total. The van der Waals surface area contributed by atoms with E-state index in [1.165, 1.54) is 25.2 Å². The maximum absolute atomic E-state index is 5.35. The molecule has 1 atom stereocenters. The fourth-order valence-corrected chi connectivity index (χ4v) is 2.96. The SMILES string of the molecule is CCN1CCC(Cc2cn3cccc(OC)c3n2)C1. The minimum Gasteiger partial charge on any atom is -0.493 e. The maximum atomic E-state index is 5.35. The van der Waals surface area contributed by atoms with Gasteiger partial charge in [-0.25, -0.2) is 4.98 Å². The molecular weight excluding hydrogens is 238 g/mol. The van der Waals surface area contributed by atoms with Crippen LogP contribution in [0, 0.1) is 5.92 Å². The van der Waals surface area contributed by atoms with Crippen LogP contribution < -0.4 is 4.74 Å². The van der Waals surface area contributed by atoms with Crippen LogP contribution in [0.25, 0.3) is 5.65 Å². The van der Waals surface area contributed by atoms with Crippen molar-refractivity contribution in [1.82, 2.24) is 14.3 Å². The second-order valence-electron chi connectivity index (χ2n) is 5.29. The molecule has 1 fully saturated rings. The molecule has 0 saturated carbocycles. The maximum Gasteiger partial charge on any atom is 0.179 e. The van der Waals surface area contributed by atoms with Crippen molar-refractivity contribution < 1.29 is 4.74 Å². The summed E-state index contributed by atoms with van der Waals surface area (Å²) in [5.41, 5.74) is 2.10. The Balaban J connectivity index is 1.79. The van der Waals surface area contributed by atoms with Crippen molar-refractivity contribution in [3.63, 3.8) is 0 Å². The molecule has 1 aliphatic rings. The number of fused-ring (bicyclic) bond motifs is 1. The van der Waals surface area contributed by atoms with Crippen LogP contribution in [-0.4, -0.2) is 41.0 Å². The van der Waals surface area contributed by atoms with Crippen LogP contribution in [0.2, 0.25) is 0 Å². The third-order valence-corrected chi connectivity index (χ3v) is 4.03. The lowest BCUT2D eigenvalue weighted by Crippen LogP contribution is -2.20. The molecule has 1 saturated heterocycles. The molecule has 102 valence electrons. The van der Waals surface area contributed by atoms with E-state index in [1.807, 2.05) is 18.3 Å². The van der Waals surface area contributed by atoms with Gasteiger partial charge in [0.05, 0.1) is 12.8 Å². The summed E-state index contributed by atoms with van der Waals surface area (Å²) < 4.78 is 7.41. The minimum absolute atomic E-state index is 0.746. The first-order valence-electron chi connectivity index (χ1n) is 7.03. The van der Waals surface area contributed by atoms with Gasteiger partial charge in [-0.3, -0.25) is 0 Å². The molecule has 1 unspecified atom stereocenters. The fraction of sp³-hybridized carbons (Fsp3) is 0.533. The van der Waals surface area contributed by atoms with Crippen LogP contribution in [0.4, 0.5) is 0 Å². The quantitative estimate of drug-likeness (QED) is 0.843. The molecule has 1 aliphatic heterocycles.